The number of rotatable bonds is 1. The van der Waals surface area contributed by atoms with Gasteiger partial charge in [-0.1, -0.05) is 66.7 Å². The first-order valence-corrected chi connectivity index (χ1v) is 8.52. The van der Waals surface area contributed by atoms with E-state index in [2.05, 4.69) is 66.0 Å². The summed E-state index contributed by atoms with van der Waals surface area (Å²) in [6.45, 7) is -1.52. The van der Waals surface area contributed by atoms with Crippen LogP contribution in [0.2, 0.25) is 0 Å². The lowest BCUT2D eigenvalue weighted by atomic mass is 9.90. The first-order chi connectivity index (χ1) is 13.5. The number of benzene rings is 4. The molecule has 1 nitrogen and oxygen atoms in total. The highest BCUT2D eigenvalue weighted by molar-refractivity contribution is 6.25. The molecule has 1 aliphatic rings. The van der Waals surface area contributed by atoms with Crippen LogP contribution in [0.1, 0.15) is 16.5 Å². The molecule has 0 spiro atoms. The molecule has 1 heterocycles. The summed E-state index contributed by atoms with van der Waals surface area (Å²) in [4.78, 5) is 0. The Morgan fingerprint density at radius 1 is 0.760 bits per heavy atom. The fourth-order valence-electron chi connectivity index (χ4n) is 3.86. The van der Waals surface area contributed by atoms with Crippen molar-refractivity contribution in [3.05, 3.63) is 90.1 Å². The standard InChI is InChI=1S/C24H19N/c1-16-15-25-13-12-18(16)17-10-11-23-21-8-3-2-6-19(21)20-7-4-5-9-22(20)24(23)14-17/h2-12,14-15,25H,13H2,1H3/i1D3. The van der Waals surface area contributed by atoms with E-state index < -0.39 is 6.85 Å². The SMILES string of the molecule is [2H]C([2H])([2H])C1=CNCC=C1c1ccc2c3ccccc3c3ccccc3c2c1. The van der Waals surface area contributed by atoms with E-state index in [1.54, 1.807) is 6.20 Å². The van der Waals surface area contributed by atoms with Crippen LogP contribution in [0.5, 0.6) is 0 Å². The molecule has 1 aliphatic heterocycles. The monoisotopic (exact) mass is 324 g/mol. The highest BCUT2D eigenvalue weighted by Gasteiger charge is 2.11. The van der Waals surface area contributed by atoms with E-state index in [0.29, 0.717) is 12.1 Å². The zero-order valence-electron chi connectivity index (χ0n) is 16.7. The van der Waals surface area contributed by atoms with Crippen molar-refractivity contribution in [2.24, 2.45) is 0 Å². The maximum atomic E-state index is 7.89. The lowest BCUT2D eigenvalue weighted by molar-refractivity contribution is 0.960. The Morgan fingerprint density at radius 3 is 2.00 bits per heavy atom. The van der Waals surface area contributed by atoms with E-state index in [-0.39, 0.29) is 0 Å². The Bertz CT molecular complexity index is 1260. The zero-order valence-corrected chi connectivity index (χ0v) is 13.7. The molecule has 0 atom stereocenters. The second-order valence-corrected chi connectivity index (χ2v) is 6.44. The highest BCUT2D eigenvalue weighted by atomic mass is 14.8. The van der Waals surface area contributed by atoms with Crippen LogP contribution in [0.15, 0.2) is 84.6 Å². The average molecular weight is 324 g/mol. The third-order valence-corrected chi connectivity index (χ3v) is 5.02. The van der Waals surface area contributed by atoms with Crippen molar-refractivity contribution in [1.29, 1.82) is 0 Å². The molecule has 0 radical (unpaired) electrons. The van der Waals surface area contributed by atoms with Gasteiger partial charge in [-0.3, -0.25) is 0 Å². The molecule has 0 aliphatic carbocycles. The van der Waals surface area contributed by atoms with Crippen molar-refractivity contribution >= 4 is 37.9 Å². The Kier molecular flexibility index (Phi) is 2.52. The number of hydrogen-bond acceptors (Lipinski definition) is 1. The second-order valence-electron chi connectivity index (χ2n) is 6.44. The van der Waals surface area contributed by atoms with Gasteiger partial charge in [0.25, 0.3) is 0 Å². The van der Waals surface area contributed by atoms with E-state index in [0.717, 1.165) is 16.5 Å². The van der Waals surface area contributed by atoms with Gasteiger partial charge in [0.2, 0.25) is 0 Å². The number of fused-ring (bicyclic) bond motifs is 6. The van der Waals surface area contributed by atoms with Crippen LogP contribution < -0.4 is 5.32 Å². The van der Waals surface area contributed by atoms with Crippen LogP contribution in [0.4, 0.5) is 0 Å². The minimum Gasteiger partial charge on any atom is -0.387 e. The van der Waals surface area contributed by atoms with Gasteiger partial charge in [0.05, 0.1) is 0 Å². The maximum absolute atomic E-state index is 7.89. The minimum atomic E-state index is -2.15. The van der Waals surface area contributed by atoms with Gasteiger partial charge in [0.15, 0.2) is 0 Å². The van der Waals surface area contributed by atoms with E-state index in [1.807, 2.05) is 12.1 Å². The van der Waals surface area contributed by atoms with Crippen molar-refractivity contribution < 1.29 is 4.11 Å². The fraction of sp³-hybridized carbons (Fsp3) is 0.0833. The number of nitrogens with one attached hydrogen (secondary N) is 1. The average Bonchev–Trinajstić information content (AvgIpc) is 2.73. The molecule has 0 aromatic heterocycles. The van der Waals surface area contributed by atoms with Crippen molar-refractivity contribution in [2.45, 2.75) is 6.85 Å². The lowest BCUT2D eigenvalue weighted by Gasteiger charge is -2.16. The van der Waals surface area contributed by atoms with E-state index in [9.17, 15) is 0 Å². The molecule has 4 aromatic carbocycles. The summed E-state index contributed by atoms with van der Waals surface area (Å²) in [6, 6.07) is 23.2. The molecule has 25 heavy (non-hydrogen) atoms. The summed E-state index contributed by atoms with van der Waals surface area (Å²) in [7, 11) is 0. The summed E-state index contributed by atoms with van der Waals surface area (Å²) in [6.07, 6.45) is 3.59. The third-order valence-electron chi connectivity index (χ3n) is 5.02. The second kappa shape index (κ2) is 5.49. The van der Waals surface area contributed by atoms with Crippen LogP contribution in [0.3, 0.4) is 0 Å². The van der Waals surface area contributed by atoms with Crippen molar-refractivity contribution in [3.63, 3.8) is 0 Å². The van der Waals surface area contributed by atoms with Gasteiger partial charge < -0.3 is 5.32 Å². The molecule has 0 saturated carbocycles. The predicted molar refractivity (Wildman–Crippen MR) is 109 cm³/mol. The number of dihydropyridines is 1. The molecule has 0 saturated heterocycles. The largest absolute Gasteiger partial charge is 0.387 e. The van der Waals surface area contributed by atoms with Gasteiger partial charge in [-0.25, -0.2) is 0 Å². The molecular formula is C24H19N. The molecule has 1 N–H and O–H groups in total. The van der Waals surface area contributed by atoms with Crippen LogP contribution in [-0.4, -0.2) is 6.54 Å². The lowest BCUT2D eigenvalue weighted by Crippen LogP contribution is -2.11. The first kappa shape index (κ1) is 11.5. The Hall–Kier alpha value is -3.06. The molecule has 5 rings (SSSR count). The fourth-order valence-corrected chi connectivity index (χ4v) is 3.86. The summed E-state index contributed by atoms with van der Waals surface area (Å²) in [5.41, 5.74) is 2.10. The zero-order chi connectivity index (χ0) is 19.3. The van der Waals surface area contributed by atoms with Gasteiger partial charge in [0.1, 0.15) is 0 Å². The summed E-state index contributed by atoms with van der Waals surface area (Å²) >= 11 is 0. The predicted octanol–water partition coefficient (Wildman–Crippen LogP) is 6.04. The Morgan fingerprint density at radius 2 is 1.36 bits per heavy atom. The van der Waals surface area contributed by atoms with Gasteiger partial charge in [-0.15, -0.1) is 0 Å². The first-order valence-electron chi connectivity index (χ1n) is 10.0. The molecule has 0 unspecified atom stereocenters. The van der Waals surface area contributed by atoms with Crippen LogP contribution in [0.25, 0.3) is 37.9 Å². The van der Waals surface area contributed by atoms with Crippen LogP contribution in [0, 0.1) is 0 Å². The van der Waals surface area contributed by atoms with Crippen LogP contribution in [-0.2, 0) is 0 Å². The number of hydrogen-bond donors (Lipinski definition) is 1. The summed E-state index contributed by atoms with van der Waals surface area (Å²) in [5.74, 6) is 0. The van der Waals surface area contributed by atoms with Gasteiger partial charge in [-0.05, 0) is 61.9 Å². The molecule has 0 amide bonds. The third kappa shape index (κ3) is 2.16. The quantitative estimate of drug-likeness (QED) is 0.421. The smallest absolute Gasteiger partial charge is 0.0334 e. The molecule has 4 aromatic rings. The van der Waals surface area contributed by atoms with Crippen LogP contribution >= 0.6 is 0 Å². The van der Waals surface area contributed by atoms with E-state index in [4.69, 9.17) is 4.11 Å². The summed E-state index contributed by atoms with van der Waals surface area (Å²) < 4.78 is 23.7. The van der Waals surface area contributed by atoms with E-state index in [1.165, 1.54) is 26.9 Å². The van der Waals surface area contributed by atoms with Crippen molar-refractivity contribution in [2.75, 3.05) is 6.54 Å². The topological polar surface area (TPSA) is 12.0 Å². The number of allylic oxidation sites excluding steroid dienone is 2. The molecule has 0 fully saturated rings. The molecule has 120 valence electrons. The van der Waals surface area contributed by atoms with E-state index >= 15 is 0 Å². The highest BCUT2D eigenvalue weighted by Crippen LogP contribution is 2.37. The summed E-state index contributed by atoms with van der Waals surface area (Å²) in [5, 5.41) is 10.2. The normalized spacial score (nSPS) is 16.7. The van der Waals surface area contributed by atoms with Gasteiger partial charge in [-0.2, -0.15) is 0 Å². The maximum Gasteiger partial charge on any atom is 0.0334 e. The molecule has 1 heteroatoms. The van der Waals surface area contributed by atoms with Gasteiger partial charge >= 0.3 is 0 Å². The van der Waals surface area contributed by atoms with Crippen molar-refractivity contribution in [1.82, 2.24) is 5.32 Å². The Balaban J connectivity index is 1.83. The van der Waals surface area contributed by atoms with Crippen molar-refractivity contribution in [3.8, 4) is 0 Å². The van der Waals surface area contributed by atoms with Gasteiger partial charge in [0, 0.05) is 16.9 Å². The molecule has 0 bridgehead atoms. The molecular weight excluding hydrogens is 302 g/mol. The minimum absolute atomic E-state index is 0.364. The Labute approximate surface area is 151 Å².